The number of amides is 3. The maximum absolute atomic E-state index is 13.4. The Bertz CT molecular complexity index is 1120. The molecule has 0 aliphatic heterocycles. The summed E-state index contributed by atoms with van der Waals surface area (Å²) in [4.78, 5) is 43.4. The second kappa shape index (κ2) is 11.8. The molecule has 7 nitrogen and oxygen atoms in total. The quantitative estimate of drug-likeness (QED) is 0.506. The highest BCUT2D eigenvalue weighted by atomic mass is 19.1. The normalized spacial score (nSPS) is 11.5. The number of carbonyl (C=O) groups is 3. The fourth-order valence-corrected chi connectivity index (χ4v) is 3.31. The third-order valence-electron chi connectivity index (χ3n) is 4.87. The summed E-state index contributed by atoms with van der Waals surface area (Å²) in [5.74, 6) is -3.35. The number of anilines is 1. The fraction of sp³-hybridized carbons (Fsp3) is 0.200. The van der Waals surface area contributed by atoms with E-state index >= 15 is 0 Å². The van der Waals surface area contributed by atoms with Crippen LogP contribution in [0.25, 0.3) is 0 Å². The van der Waals surface area contributed by atoms with Crippen molar-refractivity contribution in [3.63, 3.8) is 0 Å². The highest BCUT2D eigenvalue weighted by Gasteiger charge is 2.28. The number of nitrogens with zero attached hydrogens (tertiary/aromatic N) is 2. The first-order valence-corrected chi connectivity index (χ1v) is 10.6. The molecule has 3 amide bonds. The number of hydrogen-bond acceptors (Lipinski definition) is 5. The van der Waals surface area contributed by atoms with Gasteiger partial charge >= 0.3 is 0 Å². The Morgan fingerprint density at radius 3 is 2.24 bits per heavy atom. The average Bonchev–Trinajstić information content (AvgIpc) is 2.79. The molecule has 3 aromatic rings. The zero-order chi connectivity index (χ0) is 24.5. The summed E-state index contributed by atoms with van der Waals surface area (Å²) in [6.07, 6.45) is 2.96. The van der Waals surface area contributed by atoms with Gasteiger partial charge in [-0.1, -0.05) is 18.2 Å². The van der Waals surface area contributed by atoms with Gasteiger partial charge in [-0.3, -0.25) is 19.4 Å². The van der Waals surface area contributed by atoms with Crippen LogP contribution in [0.5, 0.6) is 0 Å². The molecule has 3 rings (SSSR count). The number of pyridine rings is 1. The predicted octanol–water partition coefficient (Wildman–Crippen LogP) is 2.76. The van der Waals surface area contributed by atoms with E-state index < -0.39 is 35.4 Å². The van der Waals surface area contributed by atoms with Crippen LogP contribution < -0.4 is 15.5 Å². The van der Waals surface area contributed by atoms with Gasteiger partial charge in [-0.25, -0.2) is 13.7 Å². The lowest BCUT2D eigenvalue weighted by Gasteiger charge is -2.25. The van der Waals surface area contributed by atoms with Crippen molar-refractivity contribution in [2.75, 3.05) is 11.4 Å². The molecule has 1 atom stereocenters. The van der Waals surface area contributed by atoms with Crippen molar-refractivity contribution >= 4 is 23.4 Å². The van der Waals surface area contributed by atoms with Crippen molar-refractivity contribution in [3.8, 4) is 0 Å². The number of nitrogens with one attached hydrogen (secondary N) is 2. The van der Waals surface area contributed by atoms with Gasteiger partial charge in [0.05, 0.1) is 18.7 Å². The number of benzene rings is 2. The molecule has 1 heterocycles. The highest BCUT2D eigenvalue weighted by molar-refractivity contribution is 6.17. The molecule has 176 valence electrons. The summed E-state index contributed by atoms with van der Waals surface area (Å²) in [5.41, 5.74) is 1.41. The summed E-state index contributed by atoms with van der Waals surface area (Å²) >= 11 is 0. The number of hydrogen-bond donors (Lipinski definition) is 2. The van der Waals surface area contributed by atoms with Crippen LogP contribution >= 0.6 is 0 Å². The van der Waals surface area contributed by atoms with Crippen LogP contribution in [0.15, 0.2) is 73.1 Å². The number of rotatable bonds is 9. The van der Waals surface area contributed by atoms with Crippen molar-refractivity contribution in [2.45, 2.75) is 25.9 Å². The Labute approximate surface area is 195 Å². The summed E-state index contributed by atoms with van der Waals surface area (Å²) in [6.45, 7) is 1.73. The lowest BCUT2D eigenvalue weighted by molar-refractivity contribution is -0.130. The minimum Gasteiger partial charge on any atom is -0.344 e. The minimum absolute atomic E-state index is 0.119. The smallest absolute Gasteiger partial charge is 0.256 e. The van der Waals surface area contributed by atoms with Gasteiger partial charge in [-0.05, 0) is 54.4 Å². The van der Waals surface area contributed by atoms with Crippen LogP contribution in [0, 0.1) is 11.6 Å². The van der Waals surface area contributed by atoms with E-state index in [9.17, 15) is 23.2 Å². The molecule has 0 radical (unpaired) electrons. The Hall–Kier alpha value is -3.98. The van der Waals surface area contributed by atoms with E-state index in [-0.39, 0.29) is 18.5 Å². The lowest BCUT2D eigenvalue weighted by Crippen LogP contribution is -2.51. The van der Waals surface area contributed by atoms with Crippen LogP contribution in [0.1, 0.15) is 18.1 Å². The Kier molecular flexibility index (Phi) is 8.53. The van der Waals surface area contributed by atoms with Crippen LogP contribution in [-0.2, 0) is 27.3 Å². The zero-order valence-electron chi connectivity index (χ0n) is 18.5. The predicted molar refractivity (Wildman–Crippen MR) is 123 cm³/mol. The van der Waals surface area contributed by atoms with E-state index in [1.54, 1.807) is 54.9 Å². The monoisotopic (exact) mass is 466 g/mol. The van der Waals surface area contributed by atoms with Gasteiger partial charge in [0.1, 0.15) is 17.7 Å². The van der Waals surface area contributed by atoms with Crippen molar-refractivity contribution in [1.82, 2.24) is 15.6 Å². The van der Waals surface area contributed by atoms with E-state index in [2.05, 4.69) is 15.6 Å². The molecule has 0 aliphatic carbocycles. The molecule has 9 heteroatoms. The summed E-state index contributed by atoms with van der Waals surface area (Å²) in [7, 11) is 0. The van der Waals surface area contributed by atoms with Crippen molar-refractivity contribution in [1.29, 1.82) is 0 Å². The SMILES string of the molecule is C[C@H](NC(=O)Cc1cc(F)cc(F)c1)C(=O)N(C(=O)CNCc1ccncc1)c1ccccc1. The first-order chi connectivity index (χ1) is 16.3. The number of aromatic nitrogens is 1. The standard InChI is InChI=1S/C25H24F2N4O3/c1-17(30-23(32)13-19-11-20(26)14-21(27)12-19)25(34)31(22-5-3-2-4-6-22)24(33)16-29-15-18-7-9-28-10-8-18/h2-12,14,17,29H,13,15-16H2,1H3,(H,30,32)/t17-/m0/s1. The molecule has 2 N–H and O–H groups in total. The first-order valence-electron chi connectivity index (χ1n) is 10.6. The molecule has 0 unspecified atom stereocenters. The second-order valence-corrected chi connectivity index (χ2v) is 7.61. The summed E-state index contributed by atoms with van der Waals surface area (Å²) in [5, 5.41) is 5.50. The van der Waals surface area contributed by atoms with E-state index in [0.717, 1.165) is 22.6 Å². The maximum atomic E-state index is 13.4. The number of para-hydroxylation sites is 1. The second-order valence-electron chi connectivity index (χ2n) is 7.61. The Morgan fingerprint density at radius 2 is 1.59 bits per heavy atom. The molecular formula is C25H24F2N4O3. The van der Waals surface area contributed by atoms with Gasteiger partial charge in [-0.15, -0.1) is 0 Å². The lowest BCUT2D eigenvalue weighted by atomic mass is 10.1. The summed E-state index contributed by atoms with van der Waals surface area (Å²) < 4.78 is 26.8. The van der Waals surface area contributed by atoms with Crippen LogP contribution in [-0.4, -0.2) is 35.3 Å². The number of imide groups is 1. The summed E-state index contributed by atoms with van der Waals surface area (Å²) in [6, 6.07) is 13.7. The third kappa shape index (κ3) is 7.01. The van der Waals surface area contributed by atoms with Gasteiger partial charge in [-0.2, -0.15) is 0 Å². The van der Waals surface area contributed by atoms with Crippen LogP contribution in [0.2, 0.25) is 0 Å². The van der Waals surface area contributed by atoms with Gasteiger partial charge in [0.15, 0.2) is 0 Å². The van der Waals surface area contributed by atoms with Crippen molar-refractivity contribution in [2.24, 2.45) is 0 Å². The third-order valence-corrected chi connectivity index (χ3v) is 4.87. The molecule has 2 aromatic carbocycles. The molecule has 1 aromatic heterocycles. The van der Waals surface area contributed by atoms with Crippen molar-refractivity contribution < 1.29 is 23.2 Å². The fourth-order valence-electron chi connectivity index (χ4n) is 3.31. The van der Waals surface area contributed by atoms with E-state index in [1.165, 1.54) is 6.92 Å². The molecule has 0 saturated heterocycles. The molecule has 0 spiro atoms. The van der Waals surface area contributed by atoms with Gasteiger partial charge < -0.3 is 10.6 Å². The maximum Gasteiger partial charge on any atom is 0.256 e. The highest BCUT2D eigenvalue weighted by Crippen LogP contribution is 2.15. The van der Waals surface area contributed by atoms with E-state index in [0.29, 0.717) is 18.3 Å². The van der Waals surface area contributed by atoms with Crippen LogP contribution in [0.3, 0.4) is 0 Å². The Balaban J connectivity index is 1.66. The van der Waals surface area contributed by atoms with E-state index in [1.807, 2.05) is 0 Å². The molecule has 34 heavy (non-hydrogen) atoms. The zero-order valence-corrected chi connectivity index (χ0v) is 18.5. The number of carbonyl (C=O) groups excluding carboxylic acids is 3. The first kappa shape index (κ1) is 24.7. The number of halogens is 2. The molecular weight excluding hydrogens is 442 g/mol. The average molecular weight is 466 g/mol. The Morgan fingerprint density at radius 1 is 0.941 bits per heavy atom. The minimum atomic E-state index is -1.06. The van der Waals surface area contributed by atoms with Crippen LogP contribution in [0.4, 0.5) is 14.5 Å². The van der Waals surface area contributed by atoms with Gasteiger partial charge in [0, 0.05) is 25.0 Å². The topological polar surface area (TPSA) is 91.4 Å². The van der Waals surface area contributed by atoms with Gasteiger partial charge in [0.2, 0.25) is 11.8 Å². The largest absolute Gasteiger partial charge is 0.344 e. The van der Waals surface area contributed by atoms with E-state index in [4.69, 9.17) is 0 Å². The van der Waals surface area contributed by atoms with Gasteiger partial charge in [0.25, 0.3) is 5.91 Å². The molecule has 0 bridgehead atoms. The molecule has 0 aliphatic rings. The molecule has 0 fully saturated rings. The molecule has 0 saturated carbocycles. The van der Waals surface area contributed by atoms with Crippen molar-refractivity contribution in [3.05, 3.63) is 95.8 Å².